The third-order valence-electron chi connectivity index (χ3n) is 4.15. The van der Waals surface area contributed by atoms with Gasteiger partial charge in [-0.1, -0.05) is 24.3 Å². The van der Waals surface area contributed by atoms with E-state index in [-0.39, 0.29) is 12.6 Å². The molecule has 1 heterocycles. The molecule has 1 aliphatic heterocycles. The highest BCUT2D eigenvalue weighted by molar-refractivity contribution is 5.44. The highest BCUT2D eigenvalue weighted by atomic mass is 19.1. The normalized spacial score (nSPS) is 15.2. The van der Waals surface area contributed by atoms with Crippen LogP contribution in [-0.2, 0) is 13.1 Å². The van der Waals surface area contributed by atoms with E-state index in [2.05, 4.69) is 11.5 Å². The van der Waals surface area contributed by atoms with Crippen LogP contribution in [0.4, 0.5) is 4.39 Å². The lowest BCUT2D eigenvalue weighted by Gasteiger charge is -2.29. The zero-order chi connectivity index (χ0) is 17.9. The average molecular weight is 343 g/mol. The number of benzene rings is 2. The summed E-state index contributed by atoms with van der Waals surface area (Å²) in [5.41, 5.74) is 1.00. The second kappa shape index (κ2) is 7.25. The van der Waals surface area contributed by atoms with Crippen molar-refractivity contribution in [3.8, 4) is 11.5 Å². The van der Waals surface area contributed by atoms with E-state index in [1.54, 1.807) is 19.1 Å². The Morgan fingerprint density at radius 1 is 1.12 bits per heavy atom. The number of hydrogen-bond donors (Lipinski definition) is 1. The van der Waals surface area contributed by atoms with Gasteiger partial charge in [-0.25, -0.2) is 4.39 Å². The third kappa shape index (κ3) is 4.59. The molecule has 3 rings (SSSR count). The Morgan fingerprint density at radius 3 is 2.48 bits per heavy atom. The maximum Gasteiger partial charge on any atom is 0.231 e. The van der Waals surface area contributed by atoms with Crippen LogP contribution in [0, 0.1) is 5.82 Å². The predicted octanol–water partition coefficient (Wildman–Crippen LogP) is 3.49. The summed E-state index contributed by atoms with van der Waals surface area (Å²) in [7, 11) is 0. The van der Waals surface area contributed by atoms with E-state index >= 15 is 0 Å². The van der Waals surface area contributed by atoms with Gasteiger partial charge >= 0.3 is 0 Å². The highest BCUT2D eigenvalue weighted by Crippen LogP contribution is 2.33. The van der Waals surface area contributed by atoms with Crippen LogP contribution in [0.25, 0.3) is 0 Å². The number of rotatable bonds is 7. The van der Waals surface area contributed by atoms with Gasteiger partial charge in [0.15, 0.2) is 11.5 Å². The van der Waals surface area contributed by atoms with Crippen LogP contribution in [0.3, 0.4) is 0 Å². The standard InChI is InChI=1S/C20H22FNO3/c1-3-20(2,23)13-22(11-15-4-7-17(21)8-5-15)12-16-6-9-18-19(10-16)25-14-24-18/h3-10,23H,1,11-14H2,2H3. The van der Waals surface area contributed by atoms with E-state index in [1.165, 1.54) is 18.2 Å². The van der Waals surface area contributed by atoms with Crippen LogP contribution in [0.1, 0.15) is 18.1 Å². The highest BCUT2D eigenvalue weighted by Gasteiger charge is 2.22. The molecule has 1 unspecified atom stereocenters. The topological polar surface area (TPSA) is 41.9 Å². The van der Waals surface area contributed by atoms with E-state index in [4.69, 9.17) is 9.47 Å². The van der Waals surface area contributed by atoms with Crippen molar-refractivity contribution in [1.29, 1.82) is 0 Å². The summed E-state index contributed by atoms with van der Waals surface area (Å²) in [5.74, 6) is 1.21. The van der Waals surface area contributed by atoms with E-state index in [1.807, 2.05) is 18.2 Å². The summed E-state index contributed by atoms with van der Waals surface area (Å²) in [6.07, 6.45) is 1.53. The molecule has 0 aromatic heterocycles. The van der Waals surface area contributed by atoms with E-state index in [0.29, 0.717) is 19.6 Å². The van der Waals surface area contributed by atoms with Gasteiger partial charge in [-0.2, -0.15) is 0 Å². The zero-order valence-electron chi connectivity index (χ0n) is 14.2. The molecule has 0 bridgehead atoms. The number of aliphatic hydroxyl groups is 1. The molecule has 25 heavy (non-hydrogen) atoms. The van der Waals surface area contributed by atoms with Crippen LogP contribution in [0.2, 0.25) is 0 Å². The van der Waals surface area contributed by atoms with Crippen LogP contribution in [-0.4, -0.2) is 28.9 Å². The molecule has 0 saturated heterocycles. The molecular formula is C20H22FNO3. The lowest BCUT2D eigenvalue weighted by Crippen LogP contribution is -2.38. The second-order valence-corrected chi connectivity index (χ2v) is 6.52. The van der Waals surface area contributed by atoms with Crippen LogP contribution in [0.5, 0.6) is 11.5 Å². The van der Waals surface area contributed by atoms with Crippen molar-refractivity contribution < 1.29 is 19.0 Å². The molecule has 0 saturated carbocycles. The van der Waals surface area contributed by atoms with Gasteiger partial charge in [-0.15, -0.1) is 6.58 Å². The maximum atomic E-state index is 13.1. The molecule has 1 aliphatic rings. The van der Waals surface area contributed by atoms with Gasteiger partial charge in [0.2, 0.25) is 6.79 Å². The van der Waals surface area contributed by atoms with Crippen molar-refractivity contribution in [1.82, 2.24) is 4.90 Å². The van der Waals surface area contributed by atoms with Gasteiger partial charge in [0.1, 0.15) is 5.82 Å². The summed E-state index contributed by atoms with van der Waals surface area (Å²) in [6.45, 7) is 7.25. The lowest BCUT2D eigenvalue weighted by atomic mass is 10.1. The van der Waals surface area contributed by atoms with Gasteiger partial charge in [-0.05, 0) is 42.3 Å². The first-order valence-electron chi connectivity index (χ1n) is 8.16. The first-order chi connectivity index (χ1) is 11.9. The number of ether oxygens (including phenoxy) is 2. The van der Waals surface area contributed by atoms with E-state index in [0.717, 1.165) is 22.6 Å². The van der Waals surface area contributed by atoms with Crippen molar-refractivity contribution >= 4 is 0 Å². The molecule has 2 aromatic carbocycles. The molecule has 2 aromatic rings. The van der Waals surface area contributed by atoms with Crippen molar-refractivity contribution in [2.24, 2.45) is 0 Å². The largest absolute Gasteiger partial charge is 0.454 e. The lowest BCUT2D eigenvalue weighted by molar-refractivity contribution is 0.0555. The summed E-state index contributed by atoms with van der Waals surface area (Å²) in [4.78, 5) is 2.09. The summed E-state index contributed by atoms with van der Waals surface area (Å²) in [5, 5.41) is 10.4. The van der Waals surface area contributed by atoms with Crippen molar-refractivity contribution in [3.63, 3.8) is 0 Å². The monoisotopic (exact) mass is 343 g/mol. The fourth-order valence-electron chi connectivity index (χ4n) is 2.83. The van der Waals surface area contributed by atoms with Crippen molar-refractivity contribution in [2.45, 2.75) is 25.6 Å². The SMILES string of the molecule is C=CC(C)(O)CN(Cc1ccc(F)cc1)Cc1ccc2c(c1)OCO2. The van der Waals surface area contributed by atoms with Crippen molar-refractivity contribution in [2.75, 3.05) is 13.3 Å². The molecule has 0 aliphatic carbocycles. The maximum absolute atomic E-state index is 13.1. The second-order valence-electron chi connectivity index (χ2n) is 6.52. The molecule has 4 nitrogen and oxygen atoms in total. The molecule has 1 N–H and O–H groups in total. The first-order valence-corrected chi connectivity index (χ1v) is 8.16. The van der Waals surface area contributed by atoms with Gasteiger partial charge in [0, 0.05) is 19.6 Å². The molecule has 132 valence electrons. The van der Waals surface area contributed by atoms with Crippen molar-refractivity contribution in [3.05, 3.63) is 72.1 Å². The minimum atomic E-state index is -1.02. The Kier molecular flexibility index (Phi) is 5.06. The number of hydrogen-bond acceptors (Lipinski definition) is 4. The molecule has 5 heteroatoms. The number of fused-ring (bicyclic) bond motifs is 1. The smallest absolute Gasteiger partial charge is 0.231 e. The fourth-order valence-corrected chi connectivity index (χ4v) is 2.83. The quantitative estimate of drug-likeness (QED) is 0.782. The Hall–Kier alpha value is -2.37. The van der Waals surface area contributed by atoms with Crippen LogP contribution >= 0.6 is 0 Å². The van der Waals surface area contributed by atoms with Gasteiger partial charge in [0.25, 0.3) is 0 Å². The molecular weight excluding hydrogens is 321 g/mol. The molecule has 0 fully saturated rings. The minimum absolute atomic E-state index is 0.239. The predicted molar refractivity (Wildman–Crippen MR) is 93.9 cm³/mol. The van der Waals surface area contributed by atoms with Gasteiger partial charge in [0.05, 0.1) is 5.60 Å². The Bertz CT molecular complexity index is 743. The molecule has 1 atom stereocenters. The zero-order valence-corrected chi connectivity index (χ0v) is 14.2. The van der Waals surface area contributed by atoms with E-state index < -0.39 is 5.60 Å². The first kappa shape index (κ1) is 17.5. The van der Waals surface area contributed by atoms with Crippen LogP contribution in [0.15, 0.2) is 55.1 Å². The Labute approximate surface area is 147 Å². The Morgan fingerprint density at radius 2 is 1.76 bits per heavy atom. The molecule has 0 radical (unpaired) electrons. The number of halogens is 1. The Balaban J connectivity index is 1.77. The third-order valence-corrected chi connectivity index (χ3v) is 4.15. The van der Waals surface area contributed by atoms with E-state index in [9.17, 15) is 9.50 Å². The summed E-state index contributed by atoms with van der Waals surface area (Å²) >= 11 is 0. The molecule has 0 amide bonds. The number of nitrogens with zero attached hydrogens (tertiary/aromatic N) is 1. The minimum Gasteiger partial charge on any atom is -0.454 e. The van der Waals surface area contributed by atoms with Gasteiger partial charge in [-0.3, -0.25) is 4.90 Å². The molecule has 0 spiro atoms. The average Bonchev–Trinajstić information content (AvgIpc) is 3.04. The summed E-state index contributed by atoms with van der Waals surface area (Å²) < 4.78 is 23.9. The van der Waals surface area contributed by atoms with Gasteiger partial charge < -0.3 is 14.6 Å². The fraction of sp³-hybridized carbons (Fsp3) is 0.300. The summed E-state index contributed by atoms with van der Waals surface area (Å²) in [6, 6.07) is 12.2. The van der Waals surface area contributed by atoms with Crippen LogP contribution < -0.4 is 9.47 Å².